The molecule has 4 heteroatoms. The van der Waals surface area contributed by atoms with E-state index >= 15 is 0 Å². The van der Waals surface area contributed by atoms with Crippen molar-refractivity contribution < 1.29 is 20.4 Å². The van der Waals surface area contributed by atoms with Crippen LogP contribution < -0.4 is 0 Å². The fourth-order valence-electron chi connectivity index (χ4n) is 0.577. The molecular weight excluding hydrogens is 184 g/mol. The van der Waals surface area contributed by atoms with Gasteiger partial charge in [0.2, 0.25) is 0 Å². The molecule has 0 saturated carbocycles. The van der Waals surface area contributed by atoms with Crippen molar-refractivity contribution in [3.8, 4) is 0 Å². The summed E-state index contributed by atoms with van der Waals surface area (Å²) in [7, 11) is 0. The lowest BCUT2D eigenvalue weighted by Gasteiger charge is -1.93. The predicted molar refractivity (Wildman–Crippen MR) is 58.1 cm³/mol. The Hall–Kier alpha value is -0.420. The third-order valence-electron chi connectivity index (χ3n) is 1.17. The van der Waals surface area contributed by atoms with Crippen LogP contribution in [0.25, 0.3) is 0 Å². The molecule has 0 aromatic heterocycles. The summed E-state index contributed by atoms with van der Waals surface area (Å²) in [5.41, 5.74) is 0. The summed E-state index contributed by atoms with van der Waals surface area (Å²) in [6.45, 7) is 6.32. The fraction of sp³-hybridized carbons (Fsp3) is 0.800. The molecule has 0 fully saturated rings. The average Bonchev–Trinajstić information content (AvgIpc) is 2.28. The summed E-state index contributed by atoms with van der Waals surface area (Å²) >= 11 is 0. The van der Waals surface area contributed by atoms with Gasteiger partial charge in [0.25, 0.3) is 0 Å². The van der Waals surface area contributed by atoms with Gasteiger partial charge in [0, 0.05) is 13.2 Å². The minimum Gasteiger partial charge on any atom is -0.396 e. The zero-order valence-electron chi connectivity index (χ0n) is 8.86. The summed E-state index contributed by atoms with van der Waals surface area (Å²) in [5, 5.41) is 31.9. The minimum absolute atomic E-state index is 0.125. The maximum atomic E-state index is 8.30. The van der Waals surface area contributed by atoms with E-state index in [0.29, 0.717) is 0 Å². The zero-order chi connectivity index (χ0) is 11.7. The molecule has 0 spiro atoms. The summed E-state index contributed by atoms with van der Waals surface area (Å²) < 4.78 is 0. The second-order valence-electron chi connectivity index (χ2n) is 2.31. The van der Waals surface area contributed by atoms with Crippen molar-refractivity contribution in [3.05, 3.63) is 13.2 Å². The van der Waals surface area contributed by atoms with Crippen LogP contribution in [0, 0.1) is 0 Å². The van der Waals surface area contributed by atoms with Crippen LogP contribution in [0.1, 0.15) is 25.7 Å². The molecule has 0 rings (SSSR count). The molecule has 0 aliphatic heterocycles. The number of aliphatic hydroxyl groups is 4. The smallest absolute Gasteiger partial charge is 0.0662 e. The van der Waals surface area contributed by atoms with Crippen molar-refractivity contribution in [1.29, 1.82) is 0 Å². The van der Waals surface area contributed by atoms with Gasteiger partial charge in [-0.3, -0.25) is 0 Å². The van der Waals surface area contributed by atoms with E-state index in [4.69, 9.17) is 20.4 Å². The predicted octanol–water partition coefficient (Wildman–Crippen LogP) is 0.305. The molecule has 0 aliphatic carbocycles. The fourth-order valence-corrected chi connectivity index (χ4v) is 0.577. The van der Waals surface area contributed by atoms with Gasteiger partial charge in [0.05, 0.1) is 13.2 Å². The molecule has 4 nitrogen and oxygen atoms in total. The standard InChI is InChI=1S/C6H14O2.C2H6O2.C2H4/c7-5-3-1-2-4-6-8;3-1-2-4;1-2/h7-8H,1-6H2;3-4H,1-2H2;1-2H2. The minimum atomic E-state index is -0.125. The highest BCUT2D eigenvalue weighted by Gasteiger charge is 1.84. The molecular formula is C10H24O4. The van der Waals surface area contributed by atoms with Gasteiger partial charge in [0.15, 0.2) is 0 Å². The zero-order valence-corrected chi connectivity index (χ0v) is 8.86. The van der Waals surface area contributed by atoms with Gasteiger partial charge in [-0.1, -0.05) is 12.8 Å². The highest BCUT2D eigenvalue weighted by atomic mass is 16.3. The van der Waals surface area contributed by atoms with Crippen LogP contribution in [-0.4, -0.2) is 46.9 Å². The van der Waals surface area contributed by atoms with Crippen LogP contribution in [0.15, 0.2) is 13.2 Å². The normalized spacial score (nSPS) is 8.00. The summed E-state index contributed by atoms with van der Waals surface area (Å²) in [6, 6.07) is 0. The Bertz CT molecular complexity index is 61.1. The summed E-state index contributed by atoms with van der Waals surface area (Å²) in [5.74, 6) is 0. The average molecular weight is 208 g/mol. The maximum Gasteiger partial charge on any atom is 0.0662 e. The van der Waals surface area contributed by atoms with E-state index in [-0.39, 0.29) is 26.4 Å². The van der Waals surface area contributed by atoms with Gasteiger partial charge in [-0.15, -0.1) is 13.2 Å². The van der Waals surface area contributed by atoms with Crippen molar-refractivity contribution in [2.24, 2.45) is 0 Å². The van der Waals surface area contributed by atoms with Crippen molar-refractivity contribution in [3.63, 3.8) is 0 Å². The molecule has 0 amide bonds. The van der Waals surface area contributed by atoms with E-state index in [1.807, 2.05) is 0 Å². The Morgan fingerprint density at radius 2 is 0.786 bits per heavy atom. The number of aliphatic hydroxyl groups excluding tert-OH is 4. The van der Waals surface area contributed by atoms with Crippen LogP contribution in [0.2, 0.25) is 0 Å². The number of hydrogen-bond donors (Lipinski definition) is 4. The van der Waals surface area contributed by atoms with Crippen molar-refractivity contribution in [2.45, 2.75) is 25.7 Å². The Kier molecular flexibility index (Phi) is 40.3. The molecule has 0 aliphatic rings. The lowest BCUT2D eigenvalue weighted by Crippen LogP contribution is -1.85. The highest BCUT2D eigenvalue weighted by molar-refractivity contribution is 4.39. The topological polar surface area (TPSA) is 80.9 Å². The molecule has 0 aromatic rings. The van der Waals surface area contributed by atoms with Crippen molar-refractivity contribution in [1.82, 2.24) is 0 Å². The Labute approximate surface area is 86.5 Å². The van der Waals surface area contributed by atoms with E-state index in [9.17, 15) is 0 Å². The SMILES string of the molecule is C=C.OCCCCCCO.OCCO. The largest absolute Gasteiger partial charge is 0.396 e. The molecule has 0 heterocycles. The molecule has 0 radical (unpaired) electrons. The molecule has 0 unspecified atom stereocenters. The Morgan fingerprint density at radius 1 is 0.500 bits per heavy atom. The molecule has 4 N–H and O–H groups in total. The van der Waals surface area contributed by atoms with Crippen LogP contribution in [0.5, 0.6) is 0 Å². The van der Waals surface area contributed by atoms with Gasteiger partial charge >= 0.3 is 0 Å². The molecule has 0 atom stereocenters. The molecule has 14 heavy (non-hydrogen) atoms. The van der Waals surface area contributed by atoms with E-state index < -0.39 is 0 Å². The first-order chi connectivity index (χ1) is 6.83. The second-order valence-corrected chi connectivity index (χ2v) is 2.31. The van der Waals surface area contributed by atoms with E-state index in [2.05, 4.69) is 13.2 Å². The lowest BCUT2D eigenvalue weighted by molar-refractivity contribution is 0.186. The number of hydrogen-bond acceptors (Lipinski definition) is 4. The van der Waals surface area contributed by atoms with Crippen LogP contribution >= 0.6 is 0 Å². The molecule has 0 saturated heterocycles. The molecule has 88 valence electrons. The monoisotopic (exact) mass is 208 g/mol. The number of rotatable bonds is 6. The first kappa shape index (κ1) is 19.2. The van der Waals surface area contributed by atoms with E-state index in [1.54, 1.807) is 0 Å². The summed E-state index contributed by atoms with van der Waals surface area (Å²) in [4.78, 5) is 0. The van der Waals surface area contributed by atoms with Crippen LogP contribution in [0.4, 0.5) is 0 Å². The molecule has 0 aromatic carbocycles. The quantitative estimate of drug-likeness (QED) is 0.374. The molecule has 0 bridgehead atoms. The van der Waals surface area contributed by atoms with Gasteiger partial charge in [-0.2, -0.15) is 0 Å². The van der Waals surface area contributed by atoms with Crippen LogP contribution in [-0.2, 0) is 0 Å². The second kappa shape index (κ2) is 29.4. The van der Waals surface area contributed by atoms with Crippen molar-refractivity contribution in [2.75, 3.05) is 26.4 Å². The first-order valence-electron chi connectivity index (χ1n) is 4.76. The first-order valence-corrected chi connectivity index (χ1v) is 4.76. The lowest BCUT2D eigenvalue weighted by atomic mass is 10.2. The third kappa shape index (κ3) is 41.6. The summed E-state index contributed by atoms with van der Waals surface area (Å²) in [6.07, 6.45) is 3.83. The third-order valence-corrected chi connectivity index (χ3v) is 1.17. The van der Waals surface area contributed by atoms with E-state index in [1.165, 1.54) is 0 Å². The number of unbranched alkanes of at least 4 members (excludes halogenated alkanes) is 3. The maximum absolute atomic E-state index is 8.30. The van der Waals surface area contributed by atoms with Crippen LogP contribution in [0.3, 0.4) is 0 Å². The Balaban J connectivity index is -0.000000170. The van der Waals surface area contributed by atoms with Gasteiger partial charge < -0.3 is 20.4 Å². The van der Waals surface area contributed by atoms with Gasteiger partial charge in [0.1, 0.15) is 0 Å². The van der Waals surface area contributed by atoms with Gasteiger partial charge in [-0.25, -0.2) is 0 Å². The van der Waals surface area contributed by atoms with Gasteiger partial charge in [-0.05, 0) is 12.8 Å². The van der Waals surface area contributed by atoms with E-state index in [0.717, 1.165) is 25.7 Å². The highest BCUT2D eigenvalue weighted by Crippen LogP contribution is 1.96. The van der Waals surface area contributed by atoms with Crippen molar-refractivity contribution >= 4 is 0 Å². The Morgan fingerprint density at radius 3 is 0.929 bits per heavy atom.